The standard InChI is InChI=1S/C11H18N4O2.ClH/c12-8(11(16)17)5-6-10-14-13-9-4-2-1-3-7-15(9)10;/h8H,1-7,12H2,(H,16,17);1H. The van der Waals surface area contributed by atoms with Crippen molar-refractivity contribution in [2.24, 2.45) is 5.73 Å². The Morgan fingerprint density at radius 2 is 2.17 bits per heavy atom. The molecule has 2 rings (SSSR count). The lowest BCUT2D eigenvalue weighted by atomic mass is 10.1. The maximum absolute atomic E-state index is 10.6. The molecule has 1 aliphatic rings. The van der Waals surface area contributed by atoms with Crippen LogP contribution in [0, 0.1) is 0 Å². The summed E-state index contributed by atoms with van der Waals surface area (Å²) in [6, 6.07) is -0.811. The van der Waals surface area contributed by atoms with Gasteiger partial charge in [-0.2, -0.15) is 0 Å². The lowest BCUT2D eigenvalue weighted by molar-refractivity contribution is -0.138. The van der Waals surface area contributed by atoms with Gasteiger partial charge in [0.1, 0.15) is 17.7 Å². The molecule has 0 bridgehead atoms. The van der Waals surface area contributed by atoms with E-state index in [4.69, 9.17) is 10.8 Å². The van der Waals surface area contributed by atoms with Crippen molar-refractivity contribution >= 4 is 18.4 Å². The van der Waals surface area contributed by atoms with Crippen LogP contribution in [0.25, 0.3) is 0 Å². The number of carboxylic acids is 1. The van der Waals surface area contributed by atoms with Gasteiger partial charge < -0.3 is 15.4 Å². The summed E-state index contributed by atoms with van der Waals surface area (Å²) in [6.45, 7) is 0.944. The molecule has 2 heterocycles. The predicted molar refractivity (Wildman–Crippen MR) is 68.8 cm³/mol. The number of nitrogens with two attached hydrogens (primary N) is 1. The number of aliphatic carboxylic acids is 1. The van der Waals surface area contributed by atoms with Crippen molar-refractivity contribution in [2.75, 3.05) is 0 Å². The van der Waals surface area contributed by atoms with Gasteiger partial charge in [-0.05, 0) is 19.3 Å². The topological polar surface area (TPSA) is 94.0 Å². The van der Waals surface area contributed by atoms with E-state index >= 15 is 0 Å². The van der Waals surface area contributed by atoms with E-state index in [1.54, 1.807) is 0 Å². The van der Waals surface area contributed by atoms with Crippen molar-refractivity contribution < 1.29 is 9.90 Å². The van der Waals surface area contributed by atoms with E-state index in [1.807, 2.05) is 0 Å². The van der Waals surface area contributed by atoms with Crippen molar-refractivity contribution in [1.82, 2.24) is 14.8 Å². The molecule has 1 unspecified atom stereocenters. The van der Waals surface area contributed by atoms with Crippen molar-refractivity contribution in [1.29, 1.82) is 0 Å². The van der Waals surface area contributed by atoms with Gasteiger partial charge in [0.2, 0.25) is 0 Å². The molecule has 1 aromatic heterocycles. The number of hydrogen-bond donors (Lipinski definition) is 2. The number of rotatable bonds is 4. The van der Waals surface area contributed by atoms with E-state index in [-0.39, 0.29) is 12.4 Å². The first-order chi connectivity index (χ1) is 8.18. The molecular weight excluding hydrogens is 256 g/mol. The van der Waals surface area contributed by atoms with Gasteiger partial charge in [0.25, 0.3) is 0 Å². The Morgan fingerprint density at radius 3 is 2.89 bits per heavy atom. The third-order valence-corrected chi connectivity index (χ3v) is 3.18. The Kier molecular flexibility index (Phi) is 5.55. The second-order valence-corrected chi connectivity index (χ2v) is 4.48. The first kappa shape index (κ1) is 14.9. The molecular formula is C11H19ClN4O2. The smallest absolute Gasteiger partial charge is 0.320 e. The van der Waals surface area contributed by atoms with E-state index in [2.05, 4.69) is 14.8 Å². The van der Waals surface area contributed by atoms with Crippen LogP contribution in [-0.2, 0) is 24.2 Å². The van der Waals surface area contributed by atoms with E-state index in [9.17, 15) is 4.79 Å². The van der Waals surface area contributed by atoms with Crippen LogP contribution in [0.15, 0.2) is 0 Å². The Hall–Kier alpha value is -1.14. The minimum absolute atomic E-state index is 0. The monoisotopic (exact) mass is 274 g/mol. The summed E-state index contributed by atoms with van der Waals surface area (Å²) in [7, 11) is 0. The van der Waals surface area contributed by atoms with Crippen LogP contribution < -0.4 is 5.73 Å². The van der Waals surface area contributed by atoms with Gasteiger partial charge in [-0.1, -0.05) is 6.42 Å². The van der Waals surface area contributed by atoms with Gasteiger partial charge in [0.15, 0.2) is 0 Å². The van der Waals surface area contributed by atoms with Gasteiger partial charge in [-0.3, -0.25) is 4.79 Å². The molecule has 3 N–H and O–H groups in total. The average molecular weight is 275 g/mol. The highest BCUT2D eigenvalue weighted by atomic mass is 35.5. The highest BCUT2D eigenvalue weighted by Crippen LogP contribution is 2.15. The summed E-state index contributed by atoms with van der Waals surface area (Å²) < 4.78 is 2.13. The molecule has 1 aromatic rings. The van der Waals surface area contributed by atoms with Crippen molar-refractivity contribution in [2.45, 2.75) is 51.1 Å². The lowest BCUT2D eigenvalue weighted by Gasteiger charge is -2.08. The van der Waals surface area contributed by atoms with Gasteiger partial charge in [-0.15, -0.1) is 22.6 Å². The average Bonchev–Trinajstić information content (AvgIpc) is 2.54. The molecule has 0 fully saturated rings. The number of aromatic nitrogens is 3. The SMILES string of the molecule is Cl.NC(CCc1nnc2n1CCCCC2)C(=O)O. The molecule has 0 aromatic carbocycles. The maximum atomic E-state index is 10.6. The Balaban J connectivity index is 0.00000162. The van der Waals surface area contributed by atoms with Gasteiger partial charge in [0, 0.05) is 19.4 Å². The predicted octanol–water partition coefficient (Wildman–Crippen LogP) is 0.771. The molecule has 0 radical (unpaired) electrons. The molecule has 0 aliphatic carbocycles. The Bertz CT molecular complexity index is 408. The van der Waals surface area contributed by atoms with Crippen LogP contribution in [0.1, 0.15) is 37.3 Å². The quantitative estimate of drug-likeness (QED) is 0.846. The van der Waals surface area contributed by atoms with Crippen LogP contribution in [0.4, 0.5) is 0 Å². The van der Waals surface area contributed by atoms with Gasteiger partial charge in [-0.25, -0.2) is 0 Å². The molecule has 0 spiro atoms. The zero-order valence-corrected chi connectivity index (χ0v) is 11.0. The van der Waals surface area contributed by atoms with Gasteiger partial charge in [0.05, 0.1) is 0 Å². The fraction of sp³-hybridized carbons (Fsp3) is 0.727. The maximum Gasteiger partial charge on any atom is 0.320 e. The number of aryl methyl sites for hydroxylation is 2. The second kappa shape index (κ2) is 6.70. The van der Waals surface area contributed by atoms with E-state index in [1.165, 1.54) is 6.42 Å². The molecule has 1 atom stereocenters. The van der Waals surface area contributed by atoms with E-state index in [0.29, 0.717) is 12.8 Å². The van der Waals surface area contributed by atoms with Crippen LogP contribution >= 0.6 is 12.4 Å². The summed E-state index contributed by atoms with van der Waals surface area (Å²) in [5, 5.41) is 17.0. The number of carboxylic acid groups (broad SMARTS) is 1. The van der Waals surface area contributed by atoms with Crippen LogP contribution in [0.5, 0.6) is 0 Å². The summed E-state index contributed by atoms with van der Waals surface area (Å²) in [6.07, 6.45) is 5.49. The number of carbonyl (C=O) groups is 1. The van der Waals surface area contributed by atoms with Gasteiger partial charge >= 0.3 is 5.97 Å². The third kappa shape index (κ3) is 3.43. The molecule has 6 nitrogen and oxygen atoms in total. The molecule has 102 valence electrons. The van der Waals surface area contributed by atoms with Crippen LogP contribution in [0.3, 0.4) is 0 Å². The molecule has 1 aliphatic heterocycles. The van der Waals surface area contributed by atoms with E-state index in [0.717, 1.165) is 37.5 Å². The molecule has 0 saturated carbocycles. The van der Waals surface area contributed by atoms with Crippen LogP contribution in [-0.4, -0.2) is 31.9 Å². The molecule has 0 saturated heterocycles. The zero-order valence-electron chi connectivity index (χ0n) is 10.2. The Labute approximate surface area is 112 Å². The molecule has 18 heavy (non-hydrogen) atoms. The fourth-order valence-corrected chi connectivity index (χ4v) is 2.14. The number of nitrogens with zero attached hydrogens (tertiary/aromatic N) is 3. The number of fused-ring (bicyclic) bond motifs is 1. The lowest BCUT2D eigenvalue weighted by Crippen LogP contribution is -2.30. The fourth-order valence-electron chi connectivity index (χ4n) is 2.14. The van der Waals surface area contributed by atoms with Crippen LogP contribution in [0.2, 0.25) is 0 Å². The molecule has 0 amide bonds. The third-order valence-electron chi connectivity index (χ3n) is 3.18. The minimum atomic E-state index is -0.958. The van der Waals surface area contributed by atoms with E-state index < -0.39 is 12.0 Å². The summed E-state index contributed by atoms with van der Waals surface area (Å²) in [5.41, 5.74) is 5.48. The minimum Gasteiger partial charge on any atom is -0.480 e. The van der Waals surface area contributed by atoms with Crippen molar-refractivity contribution in [3.8, 4) is 0 Å². The second-order valence-electron chi connectivity index (χ2n) is 4.48. The summed E-state index contributed by atoms with van der Waals surface area (Å²) in [5.74, 6) is 0.945. The summed E-state index contributed by atoms with van der Waals surface area (Å²) >= 11 is 0. The van der Waals surface area contributed by atoms with Crippen molar-refractivity contribution in [3.05, 3.63) is 11.6 Å². The number of hydrogen-bond acceptors (Lipinski definition) is 4. The summed E-state index contributed by atoms with van der Waals surface area (Å²) in [4.78, 5) is 10.6. The Morgan fingerprint density at radius 1 is 1.39 bits per heavy atom. The first-order valence-electron chi connectivity index (χ1n) is 6.08. The zero-order chi connectivity index (χ0) is 12.3. The molecule has 7 heteroatoms. The largest absolute Gasteiger partial charge is 0.480 e. The van der Waals surface area contributed by atoms with Crippen molar-refractivity contribution in [3.63, 3.8) is 0 Å². The first-order valence-corrected chi connectivity index (χ1v) is 6.08. The highest BCUT2D eigenvalue weighted by Gasteiger charge is 2.17. The number of halogens is 1. The highest BCUT2D eigenvalue weighted by molar-refractivity contribution is 5.85. The normalized spacial score (nSPS) is 16.3.